The highest BCUT2D eigenvalue weighted by atomic mass is 32.1. The monoisotopic (exact) mass is 555 g/mol. The van der Waals surface area contributed by atoms with Gasteiger partial charge in [-0.25, -0.2) is 4.39 Å². The molecule has 0 aliphatic carbocycles. The van der Waals surface area contributed by atoms with Crippen molar-refractivity contribution in [3.63, 3.8) is 0 Å². The molecule has 0 N–H and O–H groups in total. The maximum atomic E-state index is 14.6. The molecule has 0 spiro atoms. The lowest BCUT2D eigenvalue weighted by Crippen LogP contribution is -2.51. The molecule has 1 saturated heterocycles. The number of nitrogens with zero attached hydrogens (tertiary/aromatic N) is 5. The quantitative estimate of drug-likeness (QED) is 0.196. The van der Waals surface area contributed by atoms with Gasteiger partial charge in [0.25, 0.3) is 0 Å². The van der Waals surface area contributed by atoms with Gasteiger partial charge in [0.2, 0.25) is 0 Å². The van der Waals surface area contributed by atoms with Crippen LogP contribution in [0.25, 0.3) is 0 Å². The van der Waals surface area contributed by atoms with E-state index in [1.807, 2.05) is 35.5 Å². The molecular weight excluding hydrogens is 521 g/mol. The molecule has 0 bridgehead atoms. The summed E-state index contributed by atoms with van der Waals surface area (Å²) < 4.78 is 14.6. The van der Waals surface area contributed by atoms with E-state index in [-0.39, 0.29) is 17.6 Å². The molecule has 1 unspecified atom stereocenters. The first kappa shape index (κ1) is 26.6. The second kappa shape index (κ2) is 11.9. The molecule has 3 aliphatic rings. The summed E-state index contributed by atoms with van der Waals surface area (Å²) >= 11 is 5.86. The minimum absolute atomic E-state index is 0.0645. The second-order valence-electron chi connectivity index (χ2n) is 10.7. The Hall–Kier alpha value is -3.62. The molecule has 1 atom stereocenters. The van der Waals surface area contributed by atoms with Crippen LogP contribution in [0, 0.1) is 5.82 Å². The van der Waals surface area contributed by atoms with E-state index in [1.165, 1.54) is 11.8 Å². The van der Waals surface area contributed by atoms with Crippen molar-refractivity contribution in [3.05, 3.63) is 89.7 Å². The zero-order chi connectivity index (χ0) is 27.5. The molecule has 8 heteroatoms. The molecule has 0 aromatic heterocycles. The van der Waals surface area contributed by atoms with Crippen LogP contribution >= 0.6 is 12.2 Å². The van der Waals surface area contributed by atoms with E-state index in [0.29, 0.717) is 35.6 Å². The number of benzene rings is 3. The zero-order valence-electron chi connectivity index (χ0n) is 22.6. The summed E-state index contributed by atoms with van der Waals surface area (Å²) in [5, 5.41) is 0. The number of Topliss-reactive ketones (excluding diaryl/α,β-unsaturated/α-hetero) is 1. The summed E-state index contributed by atoms with van der Waals surface area (Å²) in [4.78, 5) is 27.4. The first-order chi connectivity index (χ1) is 19.6. The molecule has 0 radical (unpaired) electrons. The lowest BCUT2D eigenvalue weighted by molar-refractivity contribution is 0.0977. The van der Waals surface area contributed by atoms with E-state index < -0.39 is 0 Å². The van der Waals surface area contributed by atoms with Gasteiger partial charge >= 0.3 is 0 Å². The van der Waals surface area contributed by atoms with Gasteiger partial charge in [0.1, 0.15) is 16.8 Å². The maximum Gasteiger partial charge on any atom is 0.162 e. The molecule has 3 aromatic carbocycles. The highest BCUT2D eigenvalue weighted by molar-refractivity contribution is 7.80. The molecule has 0 saturated carbocycles. The fourth-order valence-corrected chi connectivity index (χ4v) is 6.21. The fourth-order valence-electron chi connectivity index (χ4n) is 5.85. The predicted molar refractivity (Wildman–Crippen MR) is 165 cm³/mol. The Morgan fingerprint density at radius 3 is 2.50 bits per heavy atom. The largest absolute Gasteiger partial charge is 0.369 e. The van der Waals surface area contributed by atoms with E-state index in [1.54, 1.807) is 12.1 Å². The van der Waals surface area contributed by atoms with Crippen LogP contribution in [0.5, 0.6) is 0 Å². The minimum atomic E-state index is -0.259. The van der Waals surface area contributed by atoms with Crippen molar-refractivity contribution < 1.29 is 9.18 Å². The number of para-hydroxylation sites is 1. The van der Waals surface area contributed by atoms with Crippen LogP contribution < -0.4 is 14.7 Å². The van der Waals surface area contributed by atoms with Crippen LogP contribution in [0.4, 0.5) is 21.5 Å². The van der Waals surface area contributed by atoms with E-state index >= 15 is 0 Å². The van der Waals surface area contributed by atoms with Gasteiger partial charge in [-0.3, -0.25) is 14.7 Å². The highest BCUT2D eigenvalue weighted by Crippen LogP contribution is 2.39. The number of anilines is 3. The Balaban J connectivity index is 1.07. The predicted octanol–water partition coefficient (Wildman–Crippen LogP) is 5.57. The summed E-state index contributed by atoms with van der Waals surface area (Å²) in [6, 6.07) is 23.1. The number of carbonyl (C=O) groups is 1. The number of unbranched alkanes of at least 4 members (excludes halogenated alkanes) is 1. The number of fused-ring (bicyclic) bond motifs is 3. The smallest absolute Gasteiger partial charge is 0.162 e. The number of ketones is 1. The molecule has 1 fully saturated rings. The highest BCUT2D eigenvalue weighted by Gasteiger charge is 2.37. The van der Waals surface area contributed by atoms with Gasteiger partial charge < -0.3 is 14.7 Å². The fraction of sp³-hybridized carbons (Fsp3) is 0.344. The summed E-state index contributed by atoms with van der Waals surface area (Å²) in [6.07, 6.45) is 4.18. The van der Waals surface area contributed by atoms with Crippen molar-refractivity contribution in [1.82, 2.24) is 4.90 Å². The SMILES string of the molecule is O=C(CCCCN1CCN(c2ccccc2)CC1)c1ccc2c(c1)N(Cc1ccccc1F)C(=S)C1CN=CN21. The van der Waals surface area contributed by atoms with Gasteiger partial charge in [-0.1, -0.05) is 48.6 Å². The second-order valence-corrected chi connectivity index (χ2v) is 11.1. The van der Waals surface area contributed by atoms with E-state index in [4.69, 9.17) is 12.2 Å². The van der Waals surface area contributed by atoms with Crippen LogP contribution in [0.1, 0.15) is 35.2 Å². The van der Waals surface area contributed by atoms with Crippen LogP contribution in [0.3, 0.4) is 0 Å². The maximum absolute atomic E-state index is 14.6. The van der Waals surface area contributed by atoms with Crippen molar-refractivity contribution in [3.8, 4) is 0 Å². The molecule has 6 nitrogen and oxygen atoms in total. The lowest BCUT2D eigenvalue weighted by atomic mass is 10.00. The third kappa shape index (κ3) is 5.51. The van der Waals surface area contributed by atoms with E-state index in [2.05, 4.69) is 50.0 Å². The van der Waals surface area contributed by atoms with Crippen molar-refractivity contribution in [2.24, 2.45) is 4.99 Å². The number of hydrogen-bond donors (Lipinski definition) is 0. The number of hydrogen-bond acceptors (Lipinski definition) is 6. The molecule has 3 aliphatic heterocycles. The van der Waals surface area contributed by atoms with E-state index in [9.17, 15) is 9.18 Å². The Labute approximate surface area is 240 Å². The van der Waals surface area contributed by atoms with Crippen LogP contribution in [-0.2, 0) is 6.54 Å². The number of rotatable bonds is 9. The first-order valence-corrected chi connectivity index (χ1v) is 14.5. The van der Waals surface area contributed by atoms with Crippen molar-refractivity contribution in [1.29, 1.82) is 0 Å². The first-order valence-electron chi connectivity index (χ1n) is 14.1. The number of thiocarbonyl (C=S) groups is 1. The van der Waals surface area contributed by atoms with Gasteiger partial charge in [0.05, 0.1) is 30.8 Å². The van der Waals surface area contributed by atoms with Crippen molar-refractivity contribution >= 4 is 46.4 Å². The Morgan fingerprint density at radius 2 is 1.70 bits per heavy atom. The molecule has 206 valence electrons. The van der Waals surface area contributed by atoms with Crippen LogP contribution in [-0.4, -0.2) is 67.3 Å². The summed E-state index contributed by atoms with van der Waals surface area (Å²) in [5.74, 6) is -0.128. The van der Waals surface area contributed by atoms with Gasteiger partial charge in [0, 0.05) is 49.4 Å². The van der Waals surface area contributed by atoms with Crippen LogP contribution in [0.15, 0.2) is 77.8 Å². The van der Waals surface area contributed by atoms with Crippen molar-refractivity contribution in [2.75, 3.05) is 54.0 Å². The van der Waals surface area contributed by atoms with Crippen molar-refractivity contribution in [2.45, 2.75) is 31.8 Å². The average molecular weight is 556 g/mol. The Morgan fingerprint density at radius 1 is 0.925 bits per heavy atom. The Kier molecular flexibility index (Phi) is 7.89. The summed E-state index contributed by atoms with van der Waals surface area (Å²) in [5.41, 5.74) is 4.32. The average Bonchev–Trinajstić information content (AvgIpc) is 3.49. The van der Waals surface area contributed by atoms with Gasteiger partial charge in [0.15, 0.2) is 5.78 Å². The molecule has 40 heavy (non-hydrogen) atoms. The number of piperazine rings is 1. The molecule has 3 aromatic rings. The molecular formula is C32H34FN5OS. The lowest BCUT2D eigenvalue weighted by Gasteiger charge is -2.40. The minimum Gasteiger partial charge on any atom is -0.369 e. The molecule has 6 rings (SSSR count). The standard InChI is InChI=1S/C32H34FN5OS/c33-27-11-5-4-8-25(27)22-37-29-20-24(13-14-28(29)38-23-34-21-30(38)32(37)40)31(39)12-6-7-15-35-16-18-36(19-17-35)26-9-2-1-3-10-26/h1-5,8-11,13-14,20,23,30H,6-7,12,15-19,21-22H2. The third-order valence-electron chi connectivity index (χ3n) is 8.15. The topological polar surface area (TPSA) is 42.4 Å². The molecule has 3 heterocycles. The van der Waals surface area contributed by atoms with Gasteiger partial charge in [-0.2, -0.15) is 0 Å². The van der Waals surface area contributed by atoms with E-state index in [0.717, 1.165) is 56.9 Å². The van der Waals surface area contributed by atoms with Gasteiger partial charge in [-0.05, 0) is 55.8 Å². The summed E-state index contributed by atoms with van der Waals surface area (Å²) in [7, 11) is 0. The number of carbonyl (C=O) groups excluding carboxylic acids is 1. The zero-order valence-corrected chi connectivity index (χ0v) is 23.4. The number of aliphatic imine (C=N–C) groups is 1. The summed E-state index contributed by atoms with van der Waals surface area (Å²) in [6.45, 7) is 6.07. The van der Waals surface area contributed by atoms with Gasteiger partial charge in [-0.15, -0.1) is 0 Å². The third-order valence-corrected chi connectivity index (χ3v) is 8.64. The molecule has 0 amide bonds. The Bertz CT molecular complexity index is 1410. The normalized spacial score (nSPS) is 18.7. The number of halogens is 1. The van der Waals surface area contributed by atoms with Crippen LogP contribution in [0.2, 0.25) is 0 Å².